The summed E-state index contributed by atoms with van der Waals surface area (Å²) in [5.41, 5.74) is 2.21. The molecule has 1 fully saturated rings. The van der Waals surface area contributed by atoms with Crippen molar-refractivity contribution in [1.29, 1.82) is 0 Å². The van der Waals surface area contributed by atoms with Crippen molar-refractivity contribution in [2.75, 3.05) is 0 Å². The molecule has 0 aliphatic carbocycles. The minimum absolute atomic E-state index is 0.251. The Kier molecular flexibility index (Phi) is 5.90. The van der Waals surface area contributed by atoms with Crippen LogP contribution in [0.2, 0.25) is 0 Å². The van der Waals surface area contributed by atoms with Crippen molar-refractivity contribution in [3.05, 3.63) is 100 Å². The third kappa shape index (κ3) is 5.12. The number of ether oxygens (including phenoxy) is 1. The van der Waals surface area contributed by atoms with Gasteiger partial charge in [0.2, 0.25) is 0 Å². The van der Waals surface area contributed by atoms with E-state index in [1.54, 1.807) is 30.3 Å². The van der Waals surface area contributed by atoms with Gasteiger partial charge in [-0.1, -0.05) is 24.3 Å². The Morgan fingerprint density at radius 3 is 2.40 bits per heavy atom. The van der Waals surface area contributed by atoms with Crippen LogP contribution in [0.5, 0.6) is 5.75 Å². The predicted octanol–water partition coefficient (Wildman–Crippen LogP) is 5.44. The molecule has 0 spiro atoms. The Bertz CT molecular complexity index is 1130. The van der Waals surface area contributed by atoms with Gasteiger partial charge in [-0.05, 0) is 77.5 Å². The summed E-state index contributed by atoms with van der Waals surface area (Å²) in [7, 11) is 0. The van der Waals surface area contributed by atoms with Crippen LogP contribution in [0.25, 0.3) is 6.08 Å². The molecule has 1 N–H and O–H groups in total. The van der Waals surface area contributed by atoms with E-state index in [0.717, 1.165) is 11.1 Å². The number of aliphatic imine (C=N–C) groups is 1. The molecule has 1 aliphatic heterocycles. The SMILES string of the molecule is O=C1NC(=Nc2ccc(F)cc2)S/C1=C/c1cccc(OCc2ccc(F)cc2)c1. The number of amides is 1. The van der Waals surface area contributed by atoms with E-state index in [1.807, 2.05) is 24.3 Å². The Morgan fingerprint density at radius 1 is 0.967 bits per heavy atom. The summed E-state index contributed by atoms with van der Waals surface area (Å²) in [6.07, 6.45) is 1.75. The van der Waals surface area contributed by atoms with Crippen molar-refractivity contribution in [3.63, 3.8) is 0 Å². The summed E-state index contributed by atoms with van der Waals surface area (Å²) >= 11 is 1.21. The van der Waals surface area contributed by atoms with Crippen LogP contribution in [0, 0.1) is 11.6 Å². The average molecular weight is 422 g/mol. The zero-order chi connectivity index (χ0) is 20.9. The largest absolute Gasteiger partial charge is 0.489 e. The molecule has 0 bridgehead atoms. The van der Waals surface area contributed by atoms with Crippen LogP contribution in [-0.2, 0) is 11.4 Å². The fourth-order valence-electron chi connectivity index (χ4n) is 2.71. The highest BCUT2D eigenvalue weighted by atomic mass is 32.2. The van der Waals surface area contributed by atoms with Gasteiger partial charge in [0.1, 0.15) is 24.0 Å². The molecule has 1 heterocycles. The normalized spacial score (nSPS) is 16.1. The van der Waals surface area contributed by atoms with E-state index >= 15 is 0 Å². The van der Waals surface area contributed by atoms with Gasteiger partial charge in [0.15, 0.2) is 5.17 Å². The number of hydrogen-bond acceptors (Lipinski definition) is 4. The van der Waals surface area contributed by atoms with Gasteiger partial charge in [-0.25, -0.2) is 13.8 Å². The first-order valence-corrected chi connectivity index (χ1v) is 9.89. The number of nitrogens with zero attached hydrogens (tertiary/aromatic N) is 1. The molecule has 30 heavy (non-hydrogen) atoms. The Balaban J connectivity index is 1.45. The van der Waals surface area contributed by atoms with Gasteiger partial charge in [-0.15, -0.1) is 0 Å². The molecule has 0 aromatic heterocycles. The van der Waals surface area contributed by atoms with E-state index in [4.69, 9.17) is 4.74 Å². The van der Waals surface area contributed by atoms with Crippen molar-refractivity contribution in [2.45, 2.75) is 6.61 Å². The highest BCUT2D eigenvalue weighted by Gasteiger charge is 2.23. The smallest absolute Gasteiger partial charge is 0.264 e. The molecule has 150 valence electrons. The second kappa shape index (κ2) is 8.92. The highest BCUT2D eigenvalue weighted by Crippen LogP contribution is 2.29. The van der Waals surface area contributed by atoms with Gasteiger partial charge in [0, 0.05) is 0 Å². The molecule has 1 amide bonds. The lowest BCUT2D eigenvalue weighted by Crippen LogP contribution is -2.19. The number of nitrogens with one attached hydrogen (secondary N) is 1. The van der Waals surface area contributed by atoms with E-state index in [1.165, 1.54) is 36.0 Å². The standard InChI is InChI=1S/C23H16F2N2O2S/c24-17-6-4-15(5-7-17)14-29-20-3-1-2-16(12-20)13-21-22(28)27-23(30-21)26-19-10-8-18(25)9-11-19/h1-13H,14H2,(H,26,27,28)/b21-13+. The molecule has 0 atom stereocenters. The monoisotopic (exact) mass is 422 g/mol. The van der Waals surface area contributed by atoms with Crippen LogP contribution >= 0.6 is 11.8 Å². The van der Waals surface area contributed by atoms with Gasteiger partial charge < -0.3 is 10.1 Å². The molecule has 3 aromatic rings. The lowest BCUT2D eigenvalue weighted by atomic mass is 10.2. The van der Waals surface area contributed by atoms with Gasteiger partial charge in [0.05, 0.1) is 10.6 Å². The summed E-state index contributed by atoms with van der Waals surface area (Å²) in [6.45, 7) is 0.310. The van der Waals surface area contributed by atoms with Crippen LogP contribution < -0.4 is 10.1 Å². The fourth-order valence-corrected chi connectivity index (χ4v) is 3.55. The quantitative estimate of drug-likeness (QED) is 0.558. The number of amidine groups is 1. The van der Waals surface area contributed by atoms with Gasteiger partial charge >= 0.3 is 0 Å². The van der Waals surface area contributed by atoms with Gasteiger partial charge in [-0.3, -0.25) is 4.79 Å². The topological polar surface area (TPSA) is 50.7 Å². The lowest BCUT2D eigenvalue weighted by molar-refractivity contribution is -0.115. The van der Waals surface area contributed by atoms with E-state index in [-0.39, 0.29) is 17.5 Å². The van der Waals surface area contributed by atoms with E-state index < -0.39 is 0 Å². The molecule has 1 saturated heterocycles. The zero-order valence-corrected chi connectivity index (χ0v) is 16.5. The molecule has 0 unspecified atom stereocenters. The minimum atomic E-state index is -0.343. The molecular formula is C23H16F2N2O2S. The molecule has 7 heteroatoms. The Morgan fingerprint density at radius 2 is 1.67 bits per heavy atom. The van der Waals surface area contributed by atoms with Crippen LogP contribution in [0.4, 0.5) is 14.5 Å². The van der Waals surface area contributed by atoms with E-state index in [0.29, 0.717) is 28.1 Å². The first-order valence-electron chi connectivity index (χ1n) is 9.08. The average Bonchev–Trinajstić information content (AvgIpc) is 3.08. The summed E-state index contributed by atoms with van der Waals surface area (Å²) in [4.78, 5) is 17.1. The molecular weight excluding hydrogens is 406 g/mol. The number of rotatable bonds is 5. The second-order valence-corrected chi connectivity index (χ2v) is 7.48. The molecule has 0 radical (unpaired) electrons. The maximum Gasteiger partial charge on any atom is 0.264 e. The second-order valence-electron chi connectivity index (χ2n) is 6.45. The first kappa shape index (κ1) is 19.8. The van der Waals surface area contributed by atoms with Crippen LogP contribution in [0.3, 0.4) is 0 Å². The van der Waals surface area contributed by atoms with Gasteiger partial charge in [-0.2, -0.15) is 0 Å². The van der Waals surface area contributed by atoms with Crippen molar-refractivity contribution in [3.8, 4) is 5.75 Å². The number of thioether (sulfide) groups is 1. The third-order valence-electron chi connectivity index (χ3n) is 4.18. The van der Waals surface area contributed by atoms with Crippen molar-refractivity contribution >= 4 is 34.6 Å². The molecule has 3 aromatic carbocycles. The Hall–Kier alpha value is -3.45. The van der Waals surface area contributed by atoms with Crippen LogP contribution in [0.15, 0.2) is 82.7 Å². The molecule has 4 rings (SSSR count). The fraction of sp³-hybridized carbons (Fsp3) is 0.0435. The van der Waals surface area contributed by atoms with Gasteiger partial charge in [0.25, 0.3) is 5.91 Å². The van der Waals surface area contributed by atoms with E-state index in [2.05, 4.69) is 10.3 Å². The highest BCUT2D eigenvalue weighted by molar-refractivity contribution is 8.18. The van der Waals surface area contributed by atoms with Crippen LogP contribution in [0.1, 0.15) is 11.1 Å². The molecule has 1 aliphatic rings. The Labute approximate surface area is 176 Å². The molecule has 0 saturated carbocycles. The number of carbonyl (C=O) groups excluding carboxylic acids is 1. The van der Waals surface area contributed by atoms with Crippen molar-refractivity contribution in [1.82, 2.24) is 5.32 Å². The maximum atomic E-state index is 13.0. The summed E-state index contributed by atoms with van der Waals surface area (Å²) < 4.78 is 31.8. The maximum absolute atomic E-state index is 13.0. The third-order valence-corrected chi connectivity index (χ3v) is 5.09. The van der Waals surface area contributed by atoms with Crippen LogP contribution in [-0.4, -0.2) is 11.1 Å². The minimum Gasteiger partial charge on any atom is -0.489 e. The summed E-state index contributed by atoms with van der Waals surface area (Å²) in [5, 5.41) is 3.14. The summed E-state index contributed by atoms with van der Waals surface area (Å²) in [6, 6.07) is 19.2. The zero-order valence-electron chi connectivity index (χ0n) is 15.6. The van der Waals surface area contributed by atoms with E-state index in [9.17, 15) is 13.6 Å². The lowest BCUT2D eigenvalue weighted by Gasteiger charge is -2.07. The number of hydrogen-bond donors (Lipinski definition) is 1. The summed E-state index contributed by atoms with van der Waals surface area (Å²) in [5.74, 6) is -0.248. The predicted molar refractivity (Wildman–Crippen MR) is 114 cm³/mol. The first-order chi connectivity index (χ1) is 14.5. The number of benzene rings is 3. The van der Waals surface area contributed by atoms with Crippen molar-refractivity contribution in [2.24, 2.45) is 4.99 Å². The number of halogens is 2. The van der Waals surface area contributed by atoms with Crippen molar-refractivity contribution < 1.29 is 18.3 Å². The number of carbonyl (C=O) groups is 1. The molecule has 4 nitrogen and oxygen atoms in total.